The summed E-state index contributed by atoms with van der Waals surface area (Å²) in [6.07, 6.45) is 3.99. The van der Waals surface area contributed by atoms with Gasteiger partial charge in [0, 0.05) is 24.3 Å². The van der Waals surface area contributed by atoms with Crippen LogP contribution in [-0.4, -0.2) is 83.9 Å². The van der Waals surface area contributed by atoms with E-state index in [2.05, 4.69) is 40.5 Å². The first kappa shape index (κ1) is 33.3. The summed E-state index contributed by atoms with van der Waals surface area (Å²) in [5, 5.41) is 31.9. The predicted octanol–water partition coefficient (Wildman–Crippen LogP) is -0.619. The maximum atomic E-state index is 10.1. The molecule has 0 aliphatic carbocycles. The first-order chi connectivity index (χ1) is 13.7. The number of ether oxygens (including phenoxy) is 3. The number of hydrogen-bond donors (Lipinski definition) is 4. The summed E-state index contributed by atoms with van der Waals surface area (Å²) < 4.78 is 13.0. The second kappa shape index (κ2) is 29.5. The van der Waals surface area contributed by atoms with Gasteiger partial charge in [-0.2, -0.15) is 0 Å². The molecule has 0 radical (unpaired) electrons. The zero-order valence-electron chi connectivity index (χ0n) is 16.0. The van der Waals surface area contributed by atoms with Crippen LogP contribution in [0.4, 0.5) is 0 Å². The number of carbonyl (C=O) groups is 4. The lowest BCUT2D eigenvalue weighted by molar-refractivity contribution is -0.139. The summed E-state index contributed by atoms with van der Waals surface area (Å²) in [5.41, 5.74) is 0. The second-order valence-electron chi connectivity index (χ2n) is 3.83. The Morgan fingerprint density at radius 1 is 0.586 bits per heavy atom. The number of hydrogen-bond acceptors (Lipinski definition) is 10. The van der Waals surface area contributed by atoms with Gasteiger partial charge < -0.3 is 34.6 Å². The number of rotatable bonds is 10. The van der Waals surface area contributed by atoms with Crippen molar-refractivity contribution in [3.8, 4) is 0 Å². The van der Waals surface area contributed by atoms with Gasteiger partial charge in [0.25, 0.3) is 0 Å². The molecule has 0 aromatic carbocycles. The van der Waals surface area contributed by atoms with Crippen molar-refractivity contribution in [2.24, 2.45) is 0 Å². The molecule has 0 aromatic heterocycles. The first-order valence-corrected chi connectivity index (χ1v) is 7.75. The zero-order chi connectivity index (χ0) is 23.5. The van der Waals surface area contributed by atoms with Crippen molar-refractivity contribution in [3.63, 3.8) is 0 Å². The van der Waals surface area contributed by atoms with Gasteiger partial charge in [0.1, 0.15) is 19.8 Å². The average Bonchev–Trinajstić information content (AvgIpc) is 2.74. The number of carbonyl (C=O) groups excluding carboxylic acids is 3. The van der Waals surface area contributed by atoms with Gasteiger partial charge in [0.15, 0.2) is 0 Å². The molecule has 0 aromatic rings. The molecular weight excluding hydrogens is 392 g/mol. The van der Waals surface area contributed by atoms with Crippen LogP contribution in [0.1, 0.15) is 0 Å². The number of aliphatic hydroxyl groups excluding tert-OH is 3. The smallest absolute Gasteiger partial charge is 0.330 e. The van der Waals surface area contributed by atoms with E-state index in [4.69, 9.17) is 20.4 Å². The molecule has 0 aliphatic heterocycles. The van der Waals surface area contributed by atoms with Crippen molar-refractivity contribution in [3.05, 3.63) is 50.6 Å². The van der Waals surface area contributed by atoms with Crippen molar-refractivity contribution in [1.29, 1.82) is 0 Å². The Hall–Kier alpha value is -3.28. The van der Waals surface area contributed by atoms with Crippen LogP contribution in [0.5, 0.6) is 0 Å². The minimum Gasteiger partial charge on any atom is -0.478 e. The molecule has 0 unspecified atom stereocenters. The third-order valence-electron chi connectivity index (χ3n) is 1.68. The molecule has 11 nitrogen and oxygen atoms in total. The van der Waals surface area contributed by atoms with E-state index in [9.17, 15) is 19.2 Å². The van der Waals surface area contributed by atoms with Crippen molar-refractivity contribution in [2.75, 3.05) is 39.6 Å². The van der Waals surface area contributed by atoms with E-state index in [0.717, 1.165) is 24.3 Å². The van der Waals surface area contributed by atoms with Crippen molar-refractivity contribution < 1.29 is 53.8 Å². The number of carboxylic acids is 1. The van der Waals surface area contributed by atoms with Crippen LogP contribution in [0, 0.1) is 0 Å². The quantitative estimate of drug-likeness (QED) is 0.201. The van der Waals surface area contributed by atoms with Crippen molar-refractivity contribution >= 4 is 23.9 Å². The lowest BCUT2D eigenvalue weighted by Gasteiger charge is -1.94. The van der Waals surface area contributed by atoms with Gasteiger partial charge in [-0.3, -0.25) is 0 Å². The second-order valence-corrected chi connectivity index (χ2v) is 3.83. The highest BCUT2D eigenvalue weighted by molar-refractivity contribution is 5.81. The number of carboxylic acid groups (broad SMARTS) is 1. The van der Waals surface area contributed by atoms with Gasteiger partial charge >= 0.3 is 23.9 Å². The average molecular weight is 420 g/mol. The number of aliphatic hydroxyl groups is 3. The van der Waals surface area contributed by atoms with Crippen LogP contribution in [0.25, 0.3) is 0 Å². The Morgan fingerprint density at radius 3 is 0.897 bits per heavy atom. The van der Waals surface area contributed by atoms with E-state index < -0.39 is 23.9 Å². The van der Waals surface area contributed by atoms with E-state index in [1.807, 2.05) is 0 Å². The Balaban J connectivity index is -0.000000146. The van der Waals surface area contributed by atoms with Gasteiger partial charge in [-0.1, -0.05) is 26.3 Å². The minimum atomic E-state index is -0.981. The molecule has 4 N–H and O–H groups in total. The summed E-state index contributed by atoms with van der Waals surface area (Å²) in [4.78, 5) is 39.6. The third-order valence-corrected chi connectivity index (χ3v) is 1.68. The highest BCUT2D eigenvalue weighted by atomic mass is 16.5. The first-order valence-electron chi connectivity index (χ1n) is 7.75. The normalized spacial score (nSPS) is 7.83. The Labute approximate surface area is 168 Å². The number of esters is 3. The van der Waals surface area contributed by atoms with Crippen molar-refractivity contribution in [2.45, 2.75) is 0 Å². The van der Waals surface area contributed by atoms with Gasteiger partial charge in [-0.05, 0) is 0 Å². The molecule has 29 heavy (non-hydrogen) atoms. The van der Waals surface area contributed by atoms with E-state index in [-0.39, 0.29) is 39.6 Å². The van der Waals surface area contributed by atoms with Crippen LogP contribution in [0.15, 0.2) is 50.6 Å². The fourth-order valence-corrected chi connectivity index (χ4v) is 0.615. The highest BCUT2D eigenvalue weighted by Gasteiger charge is 1.91. The van der Waals surface area contributed by atoms with E-state index in [1.165, 1.54) is 0 Å². The highest BCUT2D eigenvalue weighted by Crippen LogP contribution is 1.76. The van der Waals surface area contributed by atoms with Gasteiger partial charge in [0.05, 0.1) is 19.8 Å². The number of aliphatic carboxylic acids is 1. The van der Waals surface area contributed by atoms with Gasteiger partial charge in [-0.15, -0.1) is 0 Å². The Morgan fingerprint density at radius 2 is 0.793 bits per heavy atom. The molecule has 166 valence electrons. The zero-order valence-corrected chi connectivity index (χ0v) is 16.0. The molecule has 0 saturated heterocycles. The van der Waals surface area contributed by atoms with E-state index in [1.54, 1.807) is 0 Å². The summed E-state index contributed by atoms with van der Waals surface area (Å²) >= 11 is 0. The Bertz CT molecular complexity index is 441. The van der Waals surface area contributed by atoms with Gasteiger partial charge in [-0.25, -0.2) is 19.2 Å². The summed E-state index contributed by atoms with van der Waals surface area (Å²) in [5.74, 6) is -2.48. The molecular formula is C18H28O11. The van der Waals surface area contributed by atoms with Crippen LogP contribution >= 0.6 is 0 Å². The molecule has 0 aliphatic rings. The standard InChI is InChI=1S/3C5H8O3.C3H4O2/c3*1-2-5(7)8-4-3-6;1-2-3(4)5/h3*2,6H,1,3-4H2;2H,1H2,(H,4,5). The maximum Gasteiger partial charge on any atom is 0.330 e. The molecule has 0 atom stereocenters. The SMILES string of the molecule is C=CC(=O)O.C=CC(=O)OCCO.C=CC(=O)OCCO.C=CC(=O)OCCO. The molecule has 0 saturated carbocycles. The fraction of sp³-hybridized carbons (Fsp3) is 0.333. The predicted molar refractivity (Wildman–Crippen MR) is 103 cm³/mol. The Kier molecular flexibility index (Phi) is 33.9. The van der Waals surface area contributed by atoms with E-state index >= 15 is 0 Å². The van der Waals surface area contributed by atoms with Crippen molar-refractivity contribution in [1.82, 2.24) is 0 Å². The van der Waals surface area contributed by atoms with Crippen LogP contribution in [0.2, 0.25) is 0 Å². The molecule has 0 fully saturated rings. The molecule has 11 heteroatoms. The largest absolute Gasteiger partial charge is 0.478 e. The summed E-state index contributed by atoms with van der Waals surface area (Å²) in [7, 11) is 0. The van der Waals surface area contributed by atoms with Crippen LogP contribution < -0.4 is 0 Å². The molecule has 0 amide bonds. The topological polar surface area (TPSA) is 177 Å². The molecule has 0 spiro atoms. The summed E-state index contributed by atoms with van der Waals surface area (Å²) in [6, 6.07) is 0. The monoisotopic (exact) mass is 420 g/mol. The van der Waals surface area contributed by atoms with Gasteiger partial charge in [0.2, 0.25) is 0 Å². The molecule has 0 rings (SSSR count). The van der Waals surface area contributed by atoms with Crippen LogP contribution in [-0.2, 0) is 33.4 Å². The fourth-order valence-electron chi connectivity index (χ4n) is 0.615. The summed E-state index contributed by atoms with van der Waals surface area (Å²) in [6.45, 7) is 12.2. The van der Waals surface area contributed by atoms with Crippen LogP contribution in [0.3, 0.4) is 0 Å². The lowest BCUT2D eigenvalue weighted by Crippen LogP contribution is -2.04. The lowest BCUT2D eigenvalue weighted by atomic mass is 10.6. The van der Waals surface area contributed by atoms with E-state index in [0.29, 0.717) is 0 Å². The minimum absolute atomic E-state index is 0.0465. The molecule has 0 bridgehead atoms. The third kappa shape index (κ3) is 45.6. The molecule has 0 heterocycles. The maximum absolute atomic E-state index is 10.1.